The number of carbonyl (C=O) groups excluding carboxylic acids is 1. The predicted molar refractivity (Wildman–Crippen MR) is 97.5 cm³/mol. The summed E-state index contributed by atoms with van der Waals surface area (Å²) in [5.41, 5.74) is 3.36. The van der Waals surface area contributed by atoms with Crippen LogP contribution in [0.1, 0.15) is 41.2 Å². The Balaban J connectivity index is 1.99. The van der Waals surface area contributed by atoms with Gasteiger partial charge in [0.15, 0.2) is 11.5 Å². The monoisotopic (exact) mass is 345 g/mol. The number of aryl methyl sites for hydroxylation is 2. The first kappa shape index (κ1) is 18.8. The van der Waals surface area contributed by atoms with Gasteiger partial charge in [0.25, 0.3) is 5.91 Å². The van der Waals surface area contributed by atoms with E-state index in [-0.39, 0.29) is 5.91 Å². The van der Waals surface area contributed by atoms with Crippen molar-refractivity contribution in [2.45, 2.75) is 34.1 Å². The van der Waals surface area contributed by atoms with Crippen molar-refractivity contribution in [3.63, 3.8) is 0 Å². The fraction of sp³-hybridized carbons (Fsp3) is 0.474. The Bertz CT molecular complexity index is 738. The lowest BCUT2D eigenvalue weighted by atomic mass is 10.1. The molecule has 2 aromatic rings. The van der Waals surface area contributed by atoms with Gasteiger partial charge >= 0.3 is 0 Å². The van der Waals surface area contributed by atoms with E-state index in [1.165, 1.54) is 0 Å². The van der Waals surface area contributed by atoms with E-state index in [9.17, 15) is 4.79 Å². The number of nitrogens with one attached hydrogen (secondary N) is 1. The minimum atomic E-state index is -0.0842. The summed E-state index contributed by atoms with van der Waals surface area (Å²) >= 11 is 0. The molecule has 6 nitrogen and oxygen atoms in total. The normalized spacial score (nSPS) is 10.6. The SMILES string of the molecule is CCOc1ccc(CCNC(=O)c2c(C)nn(C)c2C)cc1OCC. The highest BCUT2D eigenvalue weighted by Gasteiger charge is 2.16. The molecular formula is C19H27N3O3. The minimum Gasteiger partial charge on any atom is -0.490 e. The van der Waals surface area contributed by atoms with Crippen LogP contribution in [0.2, 0.25) is 0 Å². The first-order valence-electron chi connectivity index (χ1n) is 8.64. The number of hydrogen-bond donors (Lipinski definition) is 1. The first-order chi connectivity index (χ1) is 12.0. The van der Waals surface area contributed by atoms with Crippen LogP contribution < -0.4 is 14.8 Å². The molecule has 6 heteroatoms. The van der Waals surface area contributed by atoms with E-state index in [2.05, 4.69) is 10.4 Å². The molecule has 0 saturated heterocycles. The van der Waals surface area contributed by atoms with Gasteiger partial charge in [-0.15, -0.1) is 0 Å². The average molecular weight is 345 g/mol. The van der Waals surface area contributed by atoms with Gasteiger partial charge in [0, 0.05) is 19.3 Å². The summed E-state index contributed by atoms with van der Waals surface area (Å²) in [6, 6.07) is 5.89. The van der Waals surface area contributed by atoms with Gasteiger partial charge in [-0.2, -0.15) is 5.10 Å². The Kier molecular flexibility index (Phi) is 6.44. The van der Waals surface area contributed by atoms with Crippen molar-refractivity contribution in [3.8, 4) is 11.5 Å². The molecule has 0 unspecified atom stereocenters. The molecule has 0 atom stereocenters. The second-order valence-corrected chi connectivity index (χ2v) is 5.82. The number of benzene rings is 1. The molecule has 2 rings (SSSR count). The van der Waals surface area contributed by atoms with E-state index in [0.29, 0.717) is 25.3 Å². The number of aromatic nitrogens is 2. The van der Waals surface area contributed by atoms with Gasteiger partial charge in [-0.05, 0) is 51.8 Å². The topological polar surface area (TPSA) is 65.4 Å². The van der Waals surface area contributed by atoms with Crippen LogP contribution in [-0.4, -0.2) is 35.4 Å². The van der Waals surface area contributed by atoms with Crippen molar-refractivity contribution in [3.05, 3.63) is 40.7 Å². The lowest BCUT2D eigenvalue weighted by Gasteiger charge is -2.12. The molecule has 0 spiro atoms. The zero-order chi connectivity index (χ0) is 18.4. The van der Waals surface area contributed by atoms with Crippen molar-refractivity contribution in [2.75, 3.05) is 19.8 Å². The molecule has 0 aliphatic heterocycles. The second-order valence-electron chi connectivity index (χ2n) is 5.82. The van der Waals surface area contributed by atoms with E-state index >= 15 is 0 Å². The van der Waals surface area contributed by atoms with Gasteiger partial charge in [-0.3, -0.25) is 9.48 Å². The number of nitrogens with zero attached hydrogens (tertiary/aromatic N) is 2. The number of carbonyl (C=O) groups is 1. The second kappa shape index (κ2) is 8.55. The standard InChI is InChI=1S/C19H27N3O3/c1-6-24-16-9-8-15(12-17(16)25-7-2)10-11-20-19(23)18-13(3)21-22(5)14(18)4/h8-9,12H,6-7,10-11H2,1-5H3,(H,20,23). The number of amides is 1. The molecule has 1 N–H and O–H groups in total. The third-order valence-corrected chi connectivity index (χ3v) is 4.04. The molecular weight excluding hydrogens is 318 g/mol. The maximum Gasteiger partial charge on any atom is 0.255 e. The van der Waals surface area contributed by atoms with Gasteiger partial charge < -0.3 is 14.8 Å². The molecule has 1 aromatic heterocycles. The molecule has 1 heterocycles. The molecule has 0 fully saturated rings. The summed E-state index contributed by atoms with van der Waals surface area (Å²) in [7, 11) is 1.84. The summed E-state index contributed by atoms with van der Waals surface area (Å²) in [6.07, 6.45) is 0.719. The molecule has 0 aliphatic rings. The van der Waals surface area contributed by atoms with Gasteiger partial charge in [0.1, 0.15) is 0 Å². The summed E-state index contributed by atoms with van der Waals surface area (Å²) in [5.74, 6) is 1.41. The predicted octanol–water partition coefficient (Wildman–Crippen LogP) is 2.81. The van der Waals surface area contributed by atoms with E-state index in [0.717, 1.165) is 34.9 Å². The van der Waals surface area contributed by atoms with Crippen molar-refractivity contribution in [1.29, 1.82) is 0 Å². The summed E-state index contributed by atoms with van der Waals surface area (Å²) in [6.45, 7) is 9.37. The minimum absolute atomic E-state index is 0.0842. The summed E-state index contributed by atoms with van der Waals surface area (Å²) in [4.78, 5) is 12.4. The molecule has 0 aliphatic carbocycles. The van der Waals surface area contributed by atoms with Gasteiger partial charge in [-0.1, -0.05) is 6.07 Å². The van der Waals surface area contributed by atoms with Gasteiger partial charge in [0.05, 0.1) is 24.5 Å². The van der Waals surface area contributed by atoms with Crippen LogP contribution in [0.3, 0.4) is 0 Å². The molecule has 0 saturated carbocycles. The molecule has 25 heavy (non-hydrogen) atoms. The maximum absolute atomic E-state index is 12.4. The van der Waals surface area contributed by atoms with Crippen molar-refractivity contribution >= 4 is 5.91 Å². The highest BCUT2D eigenvalue weighted by atomic mass is 16.5. The zero-order valence-electron chi connectivity index (χ0n) is 15.7. The smallest absolute Gasteiger partial charge is 0.255 e. The van der Waals surface area contributed by atoms with Gasteiger partial charge in [-0.25, -0.2) is 0 Å². The molecule has 1 amide bonds. The quantitative estimate of drug-likeness (QED) is 0.799. The Hall–Kier alpha value is -2.50. The number of ether oxygens (including phenoxy) is 2. The van der Waals surface area contributed by atoms with E-state index < -0.39 is 0 Å². The lowest BCUT2D eigenvalue weighted by molar-refractivity contribution is 0.0953. The van der Waals surface area contributed by atoms with Crippen LogP contribution >= 0.6 is 0 Å². The summed E-state index contributed by atoms with van der Waals surface area (Å²) < 4.78 is 12.9. The average Bonchev–Trinajstić information content (AvgIpc) is 2.82. The Morgan fingerprint density at radius 1 is 1.16 bits per heavy atom. The van der Waals surface area contributed by atoms with Crippen LogP contribution in [-0.2, 0) is 13.5 Å². The number of hydrogen-bond acceptors (Lipinski definition) is 4. The van der Waals surface area contributed by atoms with Crippen molar-refractivity contribution in [2.24, 2.45) is 7.05 Å². The van der Waals surface area contributed by atoms with Crippen LogP contribution in [0.25, 0.3) is 0 Å². The van der Waals surface area contributed by atoms with Gasteiger partial charge in [0.2, 0.25) is 0 Å². The fourth-order valence-corrected chi connectivity index (χ4v) is 2.76. The van der Waals surface area contributed by atoms with Crippen LogP contribution in [0.15, 0.2) is 18.2 Å². The molecule has 1 aromatic carbocycles. The Morgan fingerprint density at radius 2 is 1.84 bits per heavy atom. The van der Waals surface area contributed by atoms with E-state index in [4.69, 9.17) is 9.47 Å². The molecule has 0 bridgehead atoms. The molecule has 0 radical (unpaired) electrons. The first-order valence-corrected chi connectivity index (χ1v) is 8.64. The van der Waals surface area contributed by atoms with Crippen LogP contribution in [0.5, 0.6) is 11.5 Å². The maximum atomic E-state index is 12.4. The van der Waals surface area contributed by atoms with Crippen molar-refractivity contribution in [1.82, 2.24) is 15.1 Å². The zero-order valence-corrected chi connectivity index (χ0v) is 15.7. The third kappa shape index (κ3) is 4.53. The Labute approximate surface area is 149 Å². The fourth-order valence-electron chi connectivity index (χ4n) is 2.76. The van der Waals surface area contributed by atoms with Crippen molar-refractivity contribution < 1.29 is 14.3 Å². The number of rotatable bonds is 8. The third-order valence-electron chi connectivity index (χ3n) is 4.04. The highest BCUT2D eigenvalue weighted by molar-refractivity contribution is 5.96. The molecule has 136 valence electrons. The largest absolute Gasteiger partial charge is 0.490 e. The van der Waals surface area contributed by atoms with E-state index in [1.807, 2.05) is 52.9 Å². The summed E-state index contributed by atoms with van der Waals surface area (Å²) in [5, 5.41) is 7.25. The Morgan fingerprint density at radius 3 is 2.44 bits per heavy atom. The highest BCUT2D eigenvalue weighted by Crippen LogP contribution is 2.28. The van der Waals surface area contributed by atoms with Crippen LogP contribution in [0, 0.1) is 13.8 Å². The van der Waals surface area contributed by atoms with Crippen LogP contribution in [0.4, 0.5) is 0 Å². The lowest BCUT2D eigenvalue weighted by Crippen LogP contribution is -2.26. The van der Waals surface area contributed by atoms with E-state index in [1.54, 1.807) is 4.68 Å².